The van der Waals surface area contributed by atoms with E-state index < -0.39 is 11.7 Å². The summed E-state index contributed by atoms with van der Waals surface area (Å²) < 4.78 is 5.17. The third-order valence-electron chi connectivity index (χ3n) is 2.37. The molecular weight excluding hydrogens is 250 g/mol. The van der Waals surface area contributed by atoms with E-state index in [0.717, 1.165) is 5.56 Å². The summed E-state index contributed by atoms with van der Waals surface area (Å²) in [6.45, 7) is 8.07. The fraction of sp³-hybridized carbons (Fsp3) is 0.500. The molecule has 0 saturated heterocycles. The van der Waals surface area contributed by atoms with Crippen LogP contribution >= 0.6 is 11.6 Å². The van der Waals surface area contributed by atoms with Gasteiger partial charge in [0, 0.05) is 11.6 Å². The summed E-state index contributed by atoms with van der Waals surface area (Å²) in [5.41, 5.74) is 0.627. The van der Waals surface area contributed by atoms with Crippen LogP contribution in [0.1, 0.15) is 39.2 Å². The Morgan fingerprint density at radius 1 is 1.44 bits per heavy atom. The molecule has 1 amide bonds. The second kappa shape index (κ2) is 6.10. The van der Waals surface area contributed by atoms with E-state index in [9.17, 15) is 4.79 Å². The van der Waals surface area contributed by atoms with Gasteiger partial charge >= 0.3 is 6.09 Å². The van der Waals surface area contributed by atoms with Gasteiger partial charge in [0.05, 0.1) is 0 Å². The summed E-state index contributed by atoms with van der Waals surface area (Å²) in [5, 5.41) is 3.46. The molecule has 1 rings (SSSR count). The highest BCUT2D eigenvalue weighted by Crippen LogP contribution is 2.18. The van der Waals surface area contributed by atoms with Crippen molar-refractivity contribution in [3.8, 4) is 0 Å². The highest BCUT2D eigenvalue weighted by atomic mass is 35.5. The molecule has 0 aromatic heterocycles. The maximum absolute atomic E-state index is 11.5. The average molecular weight is 270 g/mol. The number of carbonyl (C=O) groups is 1. The number of carbonyl (C=O) groups excluding carboxylic acids is 1. The van der Waals surface area contributed by atoms with Crippen LogP contribution in [0.3, 0.4) is 0 Å². The lowest BCUT2D eigenvalue weighted by atomic mass is 10.0. The van der Waals surface area contributed by atoms with Crippen LogP contribution < -0.4 is 5.32 Å². The topological polar surface area (TPSA) is 38.3 Å². The molecule has 0 heterocycles. The Balaban J connectivity index is 2.46. The summed E-state index contributed by atoms with van der Waals surface area (Å²) in [6, 6.07) is 7.64. The molecule has 0 radical (unpaired) electrons. The first-order valence-corrected chi connectivity index (χ1v) is 6.38. The number of amides is 1. The van der Waals surface area contributed by atoms with E-state index in [4.69, 9.17) is 16.3 Å². The molecule has 4 heteroatoms. The Morgan fingerprint density at radius 2 is 2.11 bits per heavy atom. The predicted molar refractivity (Wildman–Crippen MR) is 74.1 cm³/mol. The van der Waals surface area contributed by atoms with E-state index in [2.05, 4.69) is 5.32 Å². The van der Waals surface area contributed by atoms with E-state index in [1.807, 2.05) is 52.0 Å². The number of hydrogen-bond acceptors (Lipinski definition) is 2. The van der Waals surface area contributed by atoms with Gasteiger partial charge in [0.25, 0.3) is 0 Å². The van der Waals surface area contributed by atoms with Crippen molar-refractivity contribution in [1.29, 1.82) is 0 Å². The third-order valence-corrected chi connectivity index (χ3v) is 2.60. The molecular formula is C14H20ClNO2. The van der Waals surface area contributed by atoms with Crippen LogP contribution in [0.15, 0.2) is 24.3 Å². The number of halogens is 1. The second-order valence-electron chi connectivity index (χ2n) is 5.34. The highest BCUT2D eigenvalue weighted by Gasteiger charge is 2.16. The normalized spacial score (nSPS) is 12.9. The molecule has 0 bridgehead atoms. The molecule has 100 valence electrons. The fourth-order valence-corrected chi connectivity index (χ4v) is 1.68. The minimum absolute atomic E-state index is 0.191. The Bertz CT molecular complexity index is 413. The smallest absolute Gasteiger partial charge is 0.407 e. The van der Waals surface area contributed by atoms with Gasteiger partial charge in [-0.15, -0.1) is 0 Å². The van der Waals surface area contributed by atoms with E-state index >= 15 is 0 Å². The van der Waals surface area contributed by atoms with Crippen LogP contribution in [0.25, 0.3) is 0 Å². The molecule has 0 saturated carbocycles. The van der Waals surface area contributed by atoms with Gasteiger partial charge in [0.15, 0.2) is 0 Å². The van der Waals surface area contributed by atoms with Gasteiger partial charge in [-0.05, 0) is 44.4 Å². The molecule has 1 atom stereocenters. The maximum atomic E-state index is 11.5. The minimum atomic E-state index is -0.469. The molecule has 1 aromatic carbocycles. The van der Waals surface area contributed by atoms with Crippen LogP contribution in [-0.4, -0.2) is 18.2 Å². The lowest BCUT2D eigenvalue weighted by Crippen LogP contribution is -2.34. The summed E-state index contributed by atoms with van der Waals surface area (Å²) in [7, 11) is 0. The lowest BCUT2D eigenvalue weighted by molar-refractivity contribution is 0.0525. The van der Waals surface area contributed by atoms with Gasteiger partial charge in [0.1, 0.15) is 5.60 Å². The molecule has 3 nitrogen and oxygen atoms in total. The molecule has 1 aromatic rings. The first-order chi connectivity index (χ1) is 8.28. The monoisotopic (exact) mass is 269 g/mol. The first kappa shape index (κ1) is 14.8. The van der Waals surface area contributed by atoms with E-state index in [-0.39, 0.29) is 5.92 Å². The highest BCUT2D eigenvalue weighted by molar-refractivity contribution is 6.30. The number of ether oxygens (including phenoxy) is 1. The zero-order valence-corrected chi connectivity index (χ0v) is 12.0. The second-order valence-corrected chi connectivity index (χ2v) is 5.78. The molecule has 0 fully saturated rings. The zero-order valence-electron chi connectivity index (χ0n) is 11.3. The summed E-state index contributed by atoms with van der Waals surface area (Å²) >= 11 is 5.93. The Kier molecular flexibility index (Phi) is 5.03. The van der Waals surface area contributed by atoms with Crippen LogP contribution in [0, 0.1) is 0 Å². The van der Waals surface area contributed by atoms with Gasteiger partial charge in [-0.25, -0.2) is 4.79 Å². The molecule has 0 spiro atoms. The van der Waals surface area contributed by atoms with Crippen molar-refractivity contribution in [2.75, 3.05) is 6.54 Å². The van der Waals surface area contributed by atoms with Gasteiger partial charge in [-0.3, -0.25) is 0 Å². The van der Waals surface area contributed by atoms with Gasteiger partial charge in [-0.2, -0.15) is 0 Å². The van der Waals surface area contributed by atoms with Gasteiger partial charge in [-0.1, -0.05) is 30.7 Å². The quantitative estimate of drug-likeness (QED) is 0.902. The Morgan fingerprint density at radius 3 is 2.67 bits per heavy atom. The van der Waals surface area contributed by atoms with E-state index in [1.165, 1.54) is 0 Å². The van der Waals surface area contributed by atoms with Crippen LogP contribution in [0.5, 0.6) is 0 Å². The SMILES string of the molecule is CC(CNC(=O)OC(C)(C)C)c1cccc(Cl)c1. The lowest BCUT2D eigenvalue weighted by Gasteiger charge is -2.21. The number of nitrogens with one attached hydrogen (secondary N) is 1. The van der Waals surface area contributed by atoms with Crippen molar-refractivity contribution in [3.63, 3.8) is 0 Å². The number of benzene rings is 1. The minimum Gasteiger partial charge on any atom is -0.444 e. The van der Waals surface area contributed by atoms with Crippen LogP contribution in [-0.2, 0) is 4.74 Å². The Labute approximate surface area is 113 Å². The average Bonchev–Trinajstić information content (AvgIpc) is 2.23. The van der Waals surface area contributed by atoms with Crippen molar-refractivity contribution < 1.29 is 9.53 Å². The standard InChI is InChI=1S/C14H20ClNO2/c1-10(11-6-5-7-12(15)8-11)9-16-13(17)18-14(2,3)4/h5-8,10H,9H2,1-4H3,(H,16,17). The summed E-state index contributed by atoms with van der Waals surface area (Å²) in [4.78, 5) is 11.5. The zero-order chi connectivity index (χ0) is 13.8. The number of rotatable bonds is 3. The molecule has 0 aliphatic carbocycles. The third kappa shape index (κ3) is 5.41. The number of alkyl carbamates (subject to hydrolysis) is 1. The van der Waals surface area contributed by atoms with Gasteiger partial charge in [0.2, 0.25) is 0 Å². The van der Waals surface area contributed by atoms with Crippen molar-refractivity contribution in [3.05, 3.63) is 34.9 Å². The summed E-state index contributed by atoms with van der Waals surface area (Å²) in [5.74, 6) is 0.191. The predicted octanol–water partition coefficient (Wildman–Crippen LogP) is 3.97. The fourth-order valence-electron chi connectivity index (χ4n) is 1.48. The van der Waals surface area contributed by atoms with Crippen molar-refractivity contribution in [2.24, 2.45) is 0 Å². The van der Waals surface area contributed by atoms with Crippen molar-refractivity contribution >= 4 is 17.7 Å². The molecule has 0 aliphatic rings. The molecule has 1 N–H and O–H groups in total. The Hall–Kier alpha value is -1.22. The van der Waals surface area contributed by atoms with Gasteiger partial charge < -0.3 is 10.1 Å². The van der Waals surface area contributed by atoms with Crippen molar-refractivity contribution in [1.82, 2.24) is 5.32 Å². The number of hydrogen-bond donors (Lipinski definition) is 1. The molecule has 1 unspecified atom stereocenters. The molecule has 18 heavy (non-hydrogen) atoms. The van der Waals surface area contributed by atoms with Crippen molar-refractivity contribution in [2.45, 2.75) is 39.2 Å². The van der Waals surface area contributed by atoms with E-state index in [1.54, 1.807) is 0 Å². The maximum Gasteiger partial charge on any atom is 0.407 e. The molecule has 0 aliphatic heterocycles. The largest absolute Gasteiger partial charge is 0.444 e. The van der Waals surface area contributed by atoms with Crippen LogP contribution in [0.4, 0.5) is 4.79 Å². The summed E-state index contributed by atoms with van der Waals surface area (Å²) in [6.07, 6.45) is -0.392. The van der Waals surface area contributed by atoms with Crippen LogP contribution in [0.2, 0.25) is 5.02 Å². The van der Waals surface area contributed by atoms with E-state index in [0.29, 0.717) is 11.6 Å². The first-order valence-electron chi connectivity index (χ1n) is 6.00.